The molecule has 2 aromatic rings. The molecule has 1 aromatic carbocycles. The summed E-state index contributed by atoms with van der Waals surface area (Å²) in [5.74, 6) is 0.767. The molecule has 0 spiro atoms. The summed E-state index contributed by atoms with van der Waals surface area (Å²) in [6.07, 6.45) is 0. The first-order valence-corrected chi connectivity index (χ1v) is 11.4. The Kier molecular flexibility index (Phi) is 6.78. The highest BCUT2D eigenvalue weighted by atomic mass is 32.2. The SMILES string of the molecule is COc1ccc(C(C)NC(=O)c2sccc2S(=O)(=O)N2CCOCC2)c(OC)c1. The molecular weight excluding hydrogens is 416 g/mol. The highest BCUT2D eigenvalue weighted by Gasteiger charge is 2.31. The fourth-order valence-corrected chi connectivity index (χ4v) is 5.82. The molecule has 2 heterocycles. The van der Waals surface area contributed by atoms with Crippen molar-refractivity contribution in [3.63, 3.8) is 0 Å². The molecule has 1 fully saturated rings. The van der Waals surface area contributed by atoms with Crippen LogP contribution in [0.4, 0.5) is 0 Å². The number of nitrogens with one attached hydrogen (secondary N) is 1. The lowest BCUT2D eigenvalue weighted by Crippen LogP contribution is -2.41. The number of carbonyl (C=O) groups is 1. The Morgan fingerprint density at radius 1 is 1.21 bits per heavy atom. The van der Waals surface area contributed by atoms with Gasteiger partial charge in [0.15, 0.2) is 0 Å². The Bertz CT molecular complexity index is 967. The van der Waals surface area contributed by atoms with Gasteiger partial charge in [-0.2, -0.15) is 4.31 Å². The minimum absolute atomic E-state index is 0.0239. The second-order valence-corrected chi connectivity index (χ2v) is 9.26. The molecule has 1 N–H and O–H groups in total. The van der Waals surface area contributed by atoms with Gasteiger partial charge < -0.3 is 19.5 Å². The topological polar surface area (TPSA) is 94.2 Å². The molecule has 0 bridgehead atoms. The molecule has 1 unspecified atom stereocenters. The number of benzene rings is 1. The number of hydrogen-bond donors (Lipinski definition) is 1. The van der Waals surface area contributed by atoms with Crippen LogP contribution in [0, 0.1) is 0 Å². The third-order valence-electron chi connectivity index (χ3n) is 4.68. The average molecular weight is 441 g/mol. The normalized spacial score (nSPS) is 16.2. The van der Waals surface area contributed by atoms with Crippen molar-refractivity contribution in [2.45, 2.75) is 17.9 Å². The van der Waals surface area contributed by atoms with E-state index in [4.69, 9.17) is 14.2 Å². The van der Waals surface area contributed by atoms with Gasteiger partial charge >= 0.3 is 0 Å². The quantitative estimate of drug-likeness (QED) is 0.710. The summed E-state index contributed by atoms with van der Waals surface area (Å²) >= 11 is 1.10. The number of thiophene rings is 1. The lowest BCUT2D eigenvalue weighted by Gasteiger charge is -2.26. The first-order chi connectivity index (χ1) is 13.9. The molecule has 0 saturated carbocycles. The summed E-state index contributed by atoms with van der Waals surface area (Å²) in [6, 6.07) is 6.40. The molecule has 8 nitrogen and oxygen atoms in total. The van der Waals surface area contributed by atoms with Gasteiger partial charge in [0.2, 0.25) is 10.0 Å². The zero-order valence-electron chi connectivity index (χ0n) is 16.5. The zero-order valence-corrected chi connectivity index (χ0v) is 18.1. The van der Waals surface area contributed by atoms with Crippen molar-refractivity contribution in [3.05, 3.63) is 40.1 Å². The smallest absolute Gasteiger partial charge is 0.263 e. The van der Waals surface area contributed by atoms with E-state index < -0.39 is 22.0 Å². The lowest BCUT2D eigenvalue weighted by atomic mass is 10.1. The molecule has 1 atom stereocenters. The van der Waals surface area contributed by atoms with Gasteiger partial charge in [-0.3, -0.25) is 4.79 Å². The predicted molar refractivity (Wildman–Crippen MR) is 109 cm³/mol. The van der Waals surface area contributed by atoms with E-state index in [1.807, 2.05) is 13.0 Å². The summed E-state index contributed by atoms with van der Waals surface area (Å²) in [5.41, 5.74) is 0.760. The van der Waals surface area contributed by atoms with E-state index >= 15 is 0 Å². The summed E-state index contributed by atoms with van der Waals surface area (Å²) in [6.45, 7) is 3.06. The number of nitrogens with zero attached hydrogens (tertiary/aromatic N) is 1. The second kappa shape index (κ2) is 9.12. The Morgan fingerprint density at radius 3 is 2.59 bits per heavy atom. The van der Waals surface area contributed by atoms with Crippen molar-refractivity contribution in [1.29, 1.82) is 0 Å². The number of hydrogen-bond acceptors (Lipinski definition) is 7. The molecule has 1 saturated heterocycles. The van der Waals surface area contributed by atoms with Crippen LogP contribution in [0.3, 0.4) is 0 Å². The first-order valence-electron chi connectivity index (χ1n) is 9.06. The average Bonchev–Trinajstić information content (AvgIpc) is 3.25. The largest absolute Gasteiger partial charge is 0.497 e. The van der Waals surface area contributed by atoms with Crippen LogP contribution < -0.4 is 14.8 Å². The van der Waals surface area contributed by atoms with Crippen molar-refractivity contribution >= 4 is 27.3 Å². The fourth-order valence-electron chi connectivity index (χ4n) is 3.11. The monoisotopic (exact) mass is 440 g/mol. The Balaban J connectivity index is 1.81. The predicted octanol–water partition coefficient (Wildman–Crippen LogP) is 2.28. The van der Waals surface area contributed by atoms with Gasteiger partial charge in [0, 0.05) is 24.7 Å². The number of morpholine rings is 1. The highest BCUT2D eigenvalue weighted by molar-refractivity contribution is 7.89. The number of amides is 1. The maximum absolute atomic E-state index is 13.0. The molecule has 0 aliphatic carbocycles. The van der Waals surface area contributed by atoms with Gasteiger partial charge in [-0.1, -0.05) is 0 Å². The molecule has 1 amide bonds. The van der Waals surface area contributed by atoms with E-state index in [9.17, 15) is 13.2 Å². The third kappa shape index (κ3) is 4.55. The maximum Gasteiger partial charge on any atom is 0.263 e. The zero-order chi connectivity index (χ0) is 21.0. The fraction of sp³-hybridized carbons (Fsp3) is 0.421. The van der Waals surface area contributed by atoms with Gasteiger partial charge in [-0.05, 0) is 30.5 Å². The number of sulfonamides is 1. The van der Waals surface area contributed by atoms with Crippen molar-refractivity contribution in [2.75, 3.05) is 40.5 Å². The van der Waals surface area contributed by atoms with E-state index in [0.29, 0.717) is 24.7 Å². The Morgan fingerprint density at radius 2 is 1.93 bits per heavy atom. The van der Waals surface area contributed by atoms with Crippen molar-refractivity contribution in [1.82, 2.24) is 9.62 Å². The van der Waals surface area contributed by atoms with Crippen LogP contribution in [0.2, 0.25) is 0 Å². The number of rotatable bonds is 7. The van der Waals surface area contributed by atoms with E-state index in [1.54, 1.807) is 31.7 Å². The molecular formula is C19H24N2O6S2. The summed E-state index contributed by atoms with van der Waals surface area (Å²) in [7, 11) is -0.652. The number of carbonyl (C=O) groups excluding carboxylic acids is 1. The Labute approximate surface area is 174 Å². The van der Waals surface area contributed by atoms with Gasteiger partial charge in [0.1, 0.15) is 21.3 Å². The van der Waals surface area contributed by atoms with Gasteiger partial charge in [-0.15, -0.1) is 11.3 Å². The molecule has 1 aromatic heterocycles. The van der Waals surface area contributed by atoms with Crippen molar-refractivity contribution < 1.29 is 27.4 Å². The molecule has 29 heavy (non-hydrogen) atoms. The van der Waals surface area contributed by atoms with Crippen LogP contribution >= 0.6 is 11.3 Å². The minimum Gasteiger partial charge on any atom is -0.497 e. The van der Waals surface area contributed by atoms with Crippen LogP contribution in [0.5, 0.6) is 11.5 Å². The molecule has 158 valence electrons. The minimum atomic E-state index is -3.75. The van der Waals surface area contributed by atoms with Gasteiger partial charge in [0.25, 0.3) is 5.91 Å². The van der Waals surface area contributed by atoms with Crippen LogP contribution in [0.15, 0.2) is 34.5 Å². The third-order valence-corrected chi connectivity index (χ3v) is 7.66. The van der Waals surface area contributed by atoms with Crippen LogP contribution in [0.25, 0.3) is 0 Å². The first kappa shape index (κ1) is 21.6. The van der Waals surface area contributed by atoms with E-state index in [-0.39, 0.29) is 22.9 Å². The standard InChI is InChI=1S/C19H24N2O6S2/c1-13(15-5-4-14(25-2)12-16(15)26-3)20-19(22)18-17(6-11-28-18)29(23,24)21-7-9-27-10-8-21/h4-6,11-13H,7-10H2,1-3H3,(H,20,22). The second-order valence-electron chi connectivity index (χ2n) is 6.43. The maximum atomic E-state index is 13.0. The van der Waals surface area contributed by atoms with E-state index in [0.717, 1.165) is 16.9 Å². The van der Waals surface area contributed by atoms with Crippen LogP contribution in [-0.2, 0) is 14.8 Å². The van der Waals surface area contributed by atoms with Gasteiger partial charge in [-0.25, -0.2) is 8.42 Å². The van der Waals surface area contributed by atoms with Crippen molar-refractivity contribution in [2.24, 2.45) is 0 Å². The van der Waals surface area contributed by atoms with E-state index in [2.05, 4.69) is 5.32 Å². The summed E-state index contributed by atoms with van der Waals surface area (Å²) < 4.78 is 43.1. The number of methoxy groups -OCH3 is 2. The molecule has 3 rings (SSSR count). The molecule has 10 heteroatoms. The van der Waals surface area contributed by atoms with E-state index in [1.165, 1.54) is 10.4 Å². The van der Waals surface area contributed by atoms with Gasteiger partial charge in [0.05, 0.1) is 33.5 Å². The Hall–Kier alpha value is -2.14. The number of ether oxygens (including phenoxy) is 3. The molecule has 1 aliphatic rings. The lowest BCUT2D eigenvalue weighted by molar-refractivity contribution is 0.0730. The molecule has 1 aliphatic heterocycles. The highest BCUT2D eigenvalue weighted by Crippen LogP contribution is 2.31. The summed E-state index contributed by atoms with van der Waals surface area (Å²) in [4.78, 5) is 13.1. The van der Waals surface area contributed by atoms with Crippen LogP contribution in [0.1, 0.15) is 28.2 Å². The molecule has 0 radical (unpaired) electrons. The van der Waals surface area contributed by atoms with Crippen molar-refractivity contribution in [3.8, 4) is 11.5 Å². The summed E-state index contributed by atoms with van der Waals surface area (Å²) in [5, 5.41) is 4.48. The van der Waals surface area contributed by atoms with Crippen LogP contribution in [-0.4, -0.2) is 59.2 Å².